The largest absolute Gasteiger partial charge is 0.396 e. The molecule has 0 aromatic heterocycles. The molecule has 0 aliphatic carbocycles. The summed E-state index contributed by atoms with van der Waals surface area (Å²) in [5.74, 6) is 1.32. The average molecular weight is 445 g/mol. The van der Waals surface area contributed by atoms with E-state index in [1.807, 2.05) is 41.5 Å². The summed E-state index contributed by atoms with van der Waals surface area (Å²) in [5.41, 5.74) is 0. The molecule has 3 N–H and O–H groups in total. The van der Waals surface area contributed by atoms with Gasteiger partial charge < -0.3 is 15.3 Å². The zero-order chi connectivity index (χ0) is 18.8. The summed E-state index contributed by atoms with van der Waals surface area (Å²) in [6.45, 7) is 12.7. The maximum Gasteiger partial charge on any atom is 0.387 e. The SMILES string of the molecule is CC(C)CO.CC(C)CO.CC(C)CO.F[SiH](F)[c-]1cccc1.[Zr]. The van der Waals surface area contributed by atoms with Crippen molar-refractivity contribution in [2.24, 2.45) is 17.8 Å². The number of halogens is 2. The van der Waals surface area contributed by atoms with Gasteiger partial charge in [-0.3, -0.25) is 8.22 Å². The molecule has 0 saturated carbocycles. The number of rotatable bonds is 4. The van der Waals surface area contributed by atoms with Gasteiger partial charge in [0.2, 0.25) is 0 Å². The molecule has 0 spiro atoms. The summed E-state index contributed by atoms with van der Waals surface area (Å²) in [5, 5.41) is 24.7. The molecule has 0 fully saturated rings. The van der Waals surface area contributed by atoms with Crippen LogP contribution >= 0.6 is 0 Å². The van der Waals surface area contributed by atoms with Crippen LogP contribution in [-0.2, 0) is 26.2 Å². The number of hydrogen-bond donors (Lipinski definition) is 3. The van der Waals surface area contributed by atoms with Gasteiger partial charge in [0, 0.05) is 46.0 Å². The van der Waals surface area contributed by atoms with E-state index in [4.69, 9.17) is 15.3 Å². The van der Waals surface area contributed by atoms with Gasteiger partial charge in [0.1, 0.15) is 0 Å². The van der Waals surface area contributed by atoms with Gasteiger partial charge in [-0.05, 0) is 17.8 Å². The Hall–Kier alpha value is 0.190. The van der Waals surface area contributed by atoms with Crippen molar-refractivity contribution in [3.8, 4) is 0 Å². The molecular weight excluding hydrogens is 409 g/mol. The van der Waals surface area contributed by atoms with E-state index in [0.717, 1.165) is 0 Å². The minimum absolute atomic E-state index is 0. The van der Waals surface area contributed by atoms with Gasteiger partial charge in [-0.2, -0.15) is 12.1 Å². The van der Waals surface area contributed by atoms with Crippen molar-refractivity contribution in [3.05, 3.63) is 24.3 Å². The molecule has 0 amide bonds. The predicted octanol–water partition coefficient (Wildman–Crippen LogP) is 2.67. The van der Waals surface area contributed by atoms with Crippen molar-refractivity contribution in [2.75, 3.05) is 19.8 Å². The van der Waals surface area contributed by atoms with E-state index in [1.165, 1.54) is 12.1 Å². The van der Waals surface area contributed by atoms with E-state index in [0.29, 0.717) is 37.6 Å². The molecule has 1 rings (SSSR count). The second-order valence-electron chi connectivity index (χ2n) is 6.25. The Morgan fingerprint density at radius 2 is 0.958 bits per heavy atom. The minimum Gasteiger partial charge on any atom is -0.396 e. The van der Waals surface area contributed by atoms with Gasteiger partial charge >= 0.3 is 9.46 Å². The van der Waals surface area contributed by atoms with E-state index in [9.17, 15) is 8.22 Å². The summed E-state index contributed by atoms with van der Waals surface area (Å²) in [6, 6.07) is 6.21. The number of aliphatic hydroxyl groups excluding tert-OH is 3. The molecule has 0 saturated heterocycles. The average Bonchev–Trinajstić information content (AvgIpc) is 3.03. The van der Waals surface area contributed by atoms with Gasteiger partial charge in [0.25, 0.3) is 0 Å². The normalized spacial score (nSPS) is 9.46. The van der Waals surface area contributed by atoms with Crippen molar-refractivity contribution in [1.82, 2.24) is 0 Å². The number of aliphatic hydroxyl groups is 3. The van der Waals surface area contributed by atoms with E-state index in [1.54, 1.807) is 12.1 Å². The predicted molar refractivity (Wildman–Crippen MR) is 96.8 cm³/mol. The van der Waals surface area contributed by atoms with Crippen LogP contribution in [0.2, 0.25) is 0 Å². The standard InChI is InChI=1S/C5H5F2Si.3C4H10O.Zr/c6-8(7)5-3-1-2-4-5;3*1-4(2)3-5;/h1-4,8H;3*4-5H,3H2,1-2H3;/q-1;;;;. The molecule has 7 heteroatoms. The maximum atomic E-state index is 11.7. The molecule has 0 aliphatic rings. The van der Waals surface area contributed by atoms with E-state index in [-0.39, 0.29) is 31.4 Å². The molecule has 24 heavy (non-hydrogen) atoms. The van der Waals surface area contributed by atoms with Crippen molar-refractivity contribution in [3.63, 3.8) is 0 Å². The van der Waals surface area contributed by atoms with Crippen LogP contribution in [0.15, 0.2) is 24.3 Å². The molecule has 1 aromatic rings. The van der Waals surface area contributed by atoms with Crippen LogP contribution in [0.1, 0.15) is 41.5 Å². The summed E-state index contributed by atoms with van der Waals surface area (Å²) in [4.78, 5) is 0. The van der Waals surface area contributed by atoms with Gasteiger partial charge in [0.05, 0.1) is 0 Å². The zero-order valence-electron chi connectivity index (χ0n) is 15.8. The summed E-state index contributed by atoms with van der Waals surface area (Å²) >= 11 is 0. The van der Waals surface area contributed by atoms with Crippen molar-refractivity contribution in [2.45, 2.75) is 41.5 Å². The van der Waals surface area contributed by atoms with E-state index < -0.39 is 9.46 Å². The Balaban J connectivity index is -0.000000113. The molecule has 1 aromatic carbocycles. The van der Waals surface area contributed by atoms with Gasteiger partial charge in [-0.1, -0.05) is 41.5 Å². The van der Waals surface area contributed by atoms with Gasteiger partial charge in [-0.15, -0.1) is 5.19 Å². The first-order valence-corrected chi connectivity index (χ1v) is 9.39. The van der Waals surface area contributed by atoms with E-state index in [2.05, 4.69) is 0 Å². The fourth-order valence-electron chi connectivity index (χ4n) is 0.534. The van der Waals surface area contributed by atoms with Crippen LogP contribution in [0.3, 0.4) is 0 Å². The minimum atomic E-state index is -3.48. The molecule has 0 radical (unpaired) electrons. The first-order valence-electron chi connectivity index (χ1n) is 7.94. The van der Waals surface area contributed by atoms with Crippen molar-refractivity contribution in [1.29, 1.82) is 0 Å². The number of hydrogen-bond acceptors (Lipinski definition) is 3. The monoisotopic (exact) mass is 443 g/mol. The van der Waals surface area contributed by atoms with Crippen LogP contribution in [-0.4, -0.2) is 44.6 Å². The third kappa shape index (κ3) is 33.7. The topological polar surface area (TPSA) is 60.7 Å². The first kappa shape index (κ1) is 31.9. The summed E-state index contributed by atoms with van der Waals surface area (Å²) in [6.07, 6.45) is 0. The summed E-state index contributed by atoms with van der Waals surface area (Å²) < 4.78 is 23.5. The van der Waals surface area contributed by atoms with Crippen LogP contribution in [0.5, 0.6) is 0 Å². The van der Waals surface area contributed by atoms with Crippen LogP contribution in [0, 0.1) is 17.8 Å². The first-order chi connectivity index (χ1) is 10.6. The Kier molecular flexibility index (Phi) is 30.8. The molecule has 0 unspecified atom stereocenters. The molecule has 0 atom stereocenters. The zero-order valence-corrected chi connectivity index (χ0v) is 19.5. The van der Waals surface area contributed by atoms with Crippen LogP contribution in [0.4, 0.5) is 8.22 Å². The van der Waals surface area contributed by atoms with Crippen molar-refractivity contribution >= 4 is 14.7 Å². The molecule has 3 nitrogen and oxygen atoms in total. The molecular formula is C17H35F2O3SiZr-. The molecule has 144 valence electrons. The second kappa shape index (κ2) is 23.2. The Bertz CT molecular complexity index is 290. The van der Waals surface area contributed by atoms with E-state index >= 15 is 0 Å². The van der Waals surface area contributed by atoms with Gasteiger partial charge in [-0.25, -0.2) is 12.1 Å². The smallest absolute Gasteiger partial charge is 0.387 e. The van der Waals surface area contributed by atoms with Gasteiger partial charge in [0.15, 0.2) is 0 Å². The van der Waals surface area contributed by atoms with Crippen LogP contribution < -0.4 is 5.19 Å². The molecule has 0 aliphatic heterocycles. The Morgan fingerprint density at radius 3 is 1.04 bits per heavy atom. The molecule has 0 bridgehead atoms. The third-order valence-electron chi connectivity index (χ3n) is 2.04. The third-order valence-corrected chi connectivity index (χ3v) is 2.92. The molecule has 0 heterocycles. The fraction of sp³-hybridized carbons (Fsp3) is 0.706. The van der Waals surface area contributed by atoms with Crippen LogP contribution in [0.25, 0.3) is 0 Å². The Morgan fingerprint density at radius 1 is 0.750 bits per heavy atom. The summed E-state index contributed by atoms with van der Waals surface area (Å²) in [7, 11) is -3.48. The quantitative estimate of drug-likeness (QED) is 0.380. The Labute approximate surface area is 167 Å². The maximum absolute atomic E-state index is 11.7. The van der Waals surface area contributed by atoms with Crippen molar-refractivity contribution < 1.29 is 49.7 Å². The fourth-order valence-corrected chi connectivity index (χ4v) is 1.05. The second-order valence-corrected chi connectivity index (χ2v) is 7.52.